The molecule has 8 atom stereocenters. The van der Waals surface area contributed by atoms with Gasteiger partial charge in [0.25, 0.3) is 0 Å². The Labute approximate surface area is 158 Å². The highest BCUT2D eigenvalue weighted by Crippen LogP contribution is 2.71. The second-order valence-electron chi connectivity index (χ2n) is 9.49. The fraction of sp³-hybridized carbons (Fsp3) is 0.818. The lowest BCUT2D eigenvalue weighted by atomic mass is 9.47. The summed E-state index contributed by atoms with van der Waals surface area (Å²) in [7, 11) is 0. The second kappa shape index (κ2) is 5.53. The van der Waals surface area contributed by atoms with Crippen LogP contribution in [0.3, 0.4) is 0 Å². The molecule has 0 aromatic heterocycles. The normalized spacial score (nSPS) is 56.2. The highest BCUT2D eigenvalue weighted by Gasteiger charge is 2.68. The molecule has 4 rings (SSSR count). The quantitative estimate of drug-likeness (QED) is 0.347. The van der Waals surface area contributed by atoms with Crippen LogP contribution in [0.5, 0.6) is 0 Å². The van der Waals surface area contributed by atoms with Crippen LogP contribution in [0.2, 0.25) is 0 Å². The van der Waals surface area contributed by atoms with Gasteiger partial charge in [-0.05, 0) is 61.2 Å². The summed E-state index contributed by atoms with van der Waals surface area (Å²) >= 11 is 14.8. The number of allylic oxidation sites excluding steroid dienone is 4. The highest BCUT2D eigenvalue weighted by molar-refractivity contribution is 6.33. The van der Waals surface area contributed by atoms with Crippen molar-refractivity contribution < 1.29 is 0 Å². The fourth-order valence-electron chi connectivity index (χ4n) is 7.62. The molecule has 0 heterocycles. The van der Waals surface area contributed by atoms with Crippen molar-refractivity contribution in [1.29, 1.82) is 0 Å². The third kappa shape index (κ3) is 1.94. The molecular weight excluding hydrogens is 335 g/mol. The van der Waals surface area contributed by atoms with E-state index in [1.54, 1.807) is 5.57 Å². The Morgan fingerprint density at radius 3 is 2.71 bits per heavy atom. The van der Waals surface area contributed by atoms with E-state index < -0.39 is 0 Å². The zero-order chi connectivity index (χ0) is 17.3. The third-order valence-corrected chi connectivity index (χ3v) is 10.2. The second-order valence-corrected chi connectivity index (χ2v) is 10.6. The van der Waals surface area contributed by atoms with Gasteiger partial charge in [0.15, 0.2) is 0 Å². The van der Waals surface area contributed by atoms with E-state index in [4.69, 9.17) is 23.2 Å². The summed E-state index contributed by atoms with van der Waals surface area (Å²) in [5.41, 5.74) is 1.86. The van der Waals surface area contributed by atoms with Crippen LogP contribution in [0.1, 0.15) is 66.2 Å². The number of hydrogen-bond donors (Lipinski definition) is 0. The Hall–Kier alpha value is 0.0600. The Balaban J connectivity index is 1.81. The van der Waals surface area contributed by atoms with Crippen molar-refractivity contribution in [2.24, 2.45) is 34.5 Å². The smallest absolute Gasteiger partial charge is 0.0765 e. The molecule has 4 aliphatic carbocycles. The molecule has 4 aliphatic rings. The van der Waals surface area contributed by atoms with E-state index in [0.29, 0.717) is 11.3 Å². The molecule has 0 saturated heterocycles. The predicted octanol–water partition coefficient (Wildman–Crippen LogP) is 6.97. The first-order chi connectivity index (χ1) is 11.3. The average molecular weight is 367 g/mol. The van der Waals surface area contributed by atoms with Crippen LogP contribution in [-0.4, -0.2) is 10.3 Å². The summed E-state index contributed by atoms with van der Waals surface area (Å²) in [5.74, 6) is 2.89. The highest BCUT2D eigenvalue weighted by atomic mass is 35.5. The molecule has 0 bridgehead atoms. The standard InChI is InChI=1S/C22H32Cl2/c1-5-16-14(2)12-18-17-10-9-15-8-6-7-11-21(15,4)22(17,24)19(23)13-20(16,18)3/h7-8,11,14,16-19H,5-6,9-10,12-13H2,1-4H3/t14-,16-,17+,18+,19+,20-,21+,22+/m1/s1. The van der Waals surface area contributed by atoms with Crippen LogP contribution < -0.4 is 0 Å². The van der Waals surface area contributed by atoms with Gasteiger partial charge >= 0.3 is 0 Å². The zero-order valence-corrected chi connectivity index (χ0v) is 17.1. The minimum absolute atomic E-state index is 0.0567. The van der Waals surface area contributed by atoms with Gasteiger partial charge in [-0.3, -0.25) is 0 Å². The van der Waals surface area contributed by atoms with Gasteiger partial charge in [0, 0.05) is 5.41 Å². The number of alkyl halides is 2. The number of hydrogen-bond acceptors (Lipinski definition) is 0. The number of rotatable bonds is 1. The number of fused-ring (bicyclic) bond motifs is 5. The van der Waals surface area contributed by atoms with E-state index in [1.807, 2.05) is 0 Å². The Bertz CT molecular complexity index is 593. The summed E-state index contributed by atoms with van der Waals surface area (Å²) in [4.78, 5) is -0.317. The largest absolute Gasteiger partial charge is 0.121 e. The maximum Gasteiger partial charge on any atom is 0.0765 e. The molecule has 24 heavy (non-hydrogen) atoms. The molecule has 0 aromatic rings. The summed E-state index contributed by atoms with van der Waals surface area (Å²) in [6.07, 6.45) is 14.3. The molecular formula is C22H32Cl2. The van der Waals surface area contributed by atoms with Crippen molar-refractivity contribution in [1.82, 2.24) is 0 Å². The molecule has 0 radical (unpaired) electrons. The van der Waals surface area contributed by atoms with Gasteiger partial charge in [0.2, 0.25) is 0 Å². The first-order valence-corrected chi connectivity index (χ1v) is 10.8. The van der Waals surface area contributed by atoms with Crippen LogP contribution in [0.4, 0.5) is 0 Å². The van der Waals surface area contributed by atoms with Crippen LogP contribution in [0, 0.1) is 34.5 Å². The van der Waals surface area contributed by atoms with Crippen LogP contribution in [0.25, 0.3) is 0 Å². The molecule has 0 spiro atoms. The van der Waals surface area contributed by atoms with E-state index in [1.165, 1.54) is 25.7 Å². The van der Waals surface area contributed by atoms with Crippen molar-refractivity contribution >= 4 is 23.2 Å². The molecule has 0 unspecified atom stereocenters. The predicted molar refractivity (Wildman–Crippen MR) is 105 cm³/mol. The maximum absolute atomic E-state index is 7.59. The van der Waals surface area contributed by atoms with Gasteiger partial charge < -0.3 is 0 Å². The minimum atomic E-state index is -0.317. The SMILES string of the molecule is CC[C@@H]1[C@H](C)C[C@H]2[C@@H]3CCC4=CCC=C[C@]4(C)[C@@]3(Cl)[C@@H](Cl)C[C@]12C. The molecule has 0 N–H and O–H groups in total. The molecule has 134 valence electrons. The van der Waals surface area contributed by atoms with Crippen molar-refractivity contribution in [3.8, 4) is 0 Å². The molecule has 0 amide bonds. The van der Waals surface area contributed by atoms with Gasteiger partial charge in [0.1, 0.15) is 0 Å². The van der Waals surface area contributed by atoms with Crippen molar-refractivity contribution in [3.63, 3.8) is 0 Å². The van der Waals surface area contributed by atoms with Crippen LogP contribution in [0.15, 0.2) is 23.8 Å². The van der Waals surface area contributed by atoms with E-state index in [-0.39, 0.29) is 15.7 Å². The third-order valence-electron chi connectivity index (χ3n) is 8.69. The Morgan fingerprint density at radius 1 is 1.25 bits per heavy atom. The lowest BCUT2D eigenvalue weighted by molar-refractivity contribution is -0.0162. The first kappa shape index (κ1) is 17.5. The molecule has 3 saturated carbocycles. The van der Waals surface area contributed by atoms with Gasteiger partial charge in [0.05, 0.1) is 10.3 Å². The molecule has 3 fully saturated rings. The lowest BCUT2D eigenvalue weighted by Crippen LogP contribution is -2.64. The van der Waals surface area contributed by atoms with Gasteiger partial charge in [-0.15, -0.1) is 23.2 Å². The lowest BCUT2D eigenvalue weighted by Gasteiger charge is -2.63. The zero-order valence-electron chi connectivity index (χ0n) is 15.6. The minimum Gasteiger partial charge on any atom is -0.121 e. The van der Waals surface area contributed by atoms with E-state index in [9.17, 15) is 0 Å². The monoisotopic (exact) mass is 366 g/mol. The molecule has 0 aliphatic heterocycles. The average Bonchev–Trinajstić information content (AvgIpc) is 2.78. The van der Waals surface area contributed by atoms with Crippen molar-refractivity contribution in [2.45, 2.75) is 76.5 Å². The van der Waals surface area contributed by atoms with Crippen molar-refractivity contribution in [2.75, 3.05) is 0 Å². The van der Waals surface area contributed by atoms with Gasteiger partial charge in [-0.2, -0.15) is 0 Å². The van der Waals surface area contributed by atoms with Crippen molar-refractivity contribution in [3.05, 3.63) is 23.8 Å². The summed E-state index contributed by atoms with van der Waals surface area (Å²) in [6.45, 7) is 9.73. The summed E-state index contributed by atoms with van der Waals surface area (Å²) in [5, 5.41) is 0.0567. The Morgan fingerprint density at radius 2 is 2.00 bits per heavy atom. The van der Waals surface area contributed by atoms with E-state index >= 15 is 0 Å². The van der Waals surface area contributed by atoms with E-state index in [2.05, 4.69) is 45.9 Å². The first-order valence-electron chi connectivity index (χ1n) is 9.99. The summed E-state index contributed by atoms with van der Waals surface area (Å²) < 4.78 is 0. The fourth-order valence-corrected chi connectivity index (χ4v) is 8.86. The molecule has 0 nitrogen and oxygen atoms in total. The van der Waals surface area contributed by atoms with E-state index in [0.717, 1.165) is 30.6 Å². The topological polar surface area (TPSA) is 0 Å². The Kier molecular flexibility index (Phi) is 4.02. The maximum atomic E-state index is 7.59. The van der Waals surface area contributed by atoms with Crippen LogP contribution >= 0.6 is 23.2 Å². The molecule has 0 aromatic carbocycles. The van der Waals surface area contributed by atoms with Gasteiger partial charge in [-0.1, -0.05) is 57.9 Å². The molecule has 2 heteroatoms. The summed E-state index contributed by atoms with van der Waals surface area (Å²) in [6, 6.07) is 0. The van der Waals surface area contributed by atoms with Gasteiger partial charge in [-0.25, -0.2) is 0 Å². The number of halogens is 2. The van der Waals surface area contributed by atoms with Crippen LogP contribution in [-0.2, 0) is 0 Å².